The lowest BCUT2D eigenvalue weighted by Crippen LogP contribution is -2.44. The smallest absolute Gasteiger partial charge is 0.302 e. The Bertz CT molecular complexity index is 787. The van der Waals surface area contributed by atoms with E-state index in [4.69, 9.17) is 4.74 Å². The molecular weight excluding hydrogens is 322 g/mol. The minimum absolute atomic E-state index is 0.155. The number of hydrogen-bond donors (Lipinski definition) is 2. The maximum Gasteiger partial charge on any atom is 0.302 e. The van der Waals surface area contributed by atoms with Crippen molar-refractivity contribution in [2.45, 2.75) is 38.9 Å². The second-order valence-electron chi connectivity index (χ2n) is 7.05. The Hall–Kier alpha value is -2.47. The quantitative estimate of drug-likeness (QED) is 0.793. The molecule has 1 heterocycles. The van der Waals surface area contributed by atoms with E-state index in [-0.39, 0.29) is 30.2 Å². The van der Waals surface area contributed by atoms with Crippen LogP contribution in [-0.4, -0.2) is 40.9 Å². The number of ether oxygens (including phenoxy) is 1. The molecule has 0 radical (unpaired) electrons. The van der Waals surface area contributed by atoms with Gasteiger partial charge in [-0.25, -0.2) is 0 Å². The number of ketones is 2. The fourth-order valence-electron chi connectivity index (χ4n) is 3.55. The summed E-state index contributed by atoms with van der Waals surface area (Å²) in [7, 11) is 0. The number of esters is 1. The van der Waals surface area contributed by atoms with Crippen LogP contribution in [0.5, 0.6) is 0 Å². The number of carbonyl (C=O) groups is 3. The standard InChI is InChI=1S/C19H21NO5/c1-10(21)25-15-9-20-16-13(8-14(15)19(2,3)24)17(22)11-6-4-5-7-12(11)18(16)23/h4-7,14-15,20,24H,8-9H2,1-3H3/t14-,15-/m1/s1. The molecule has 1 aromatic rings. The minimum atomic E-state index is -1.19. The molecule has 0 unspecified atom stereocenters. The minimum Gasteiger partial charge on any atom is -0.460 e. The predicted molar refractivity (Wildman–Crippen MR) is 90.1 cm³/mol. The van der Waals surface area contributed by atoms with E-state index >= 15 is 0 Å². The molecule has 132 valence electrons. The highest BCUT2D eigenvalue weighted by atomic mass is 16.5. The number of rotatable bonds is 2. The van der Waals surface area contributed by atoms with Crippen molar-refractivity contribution in [3.8, 4) is 0 Å². The first-order valence-electron chi connectivity index (χ1n) is 8.25. The average Bonchev–Trinajstić information content (AvgIpc) is 2.72. The van der Waals surface area contributed by atoms with Gasteiger partial charge >= 0.3 is 5.97 Å². The number of allylic oxidation sites excluding steroid dienone is 2. The molecule has 0 spiro atoms. The summed E-state index contributed by atoms with van der Waals surface area (Å²) in [5.41, 5.74) is 0.126. The van der Waals surface area contributed by atoms with Gasteiger partial charge in [0, 0.05) is 29.5 Å². The van der Waals surface area contributed by atoms with Crippen molar-refractivity contribution in [1.82, 2.24) is 5.32 Å². The number of carbonyl (C=O) groups excluding carboxylic acids is 3. The molecule has 1 aliphatic heterocycles. The lowest BCUT2D eigenvalue weighted by atomic mass is 9.78. The number of nitrogens with one attached hydrogen (secondary N) is 1. The monoisotopic (exact) mass is 343 g/mol. The van der Waals surface area contributed by atoms with Gasteiger partial charge in [-0.15, -0.1) is 0 Å². The molecule has 2 atom stereocenters. The number of fused-ring (bicyclic) bond motifs is 1. The van der Waals surface area contributed by atoms with Crippen LogP contribution in [0.2, 0.25) is 0 Å². The van der Waals surface area contributed by atoms with Crippen molar-refractivity contribution >= 4 is 17.5 Å². The first kappa shape index (κ1) is 17.4. The van der Waals surface area contributed by atoms with E-state index in [2.05, 4.69) is 5.32 Å². The SMILES string of the molecule is CC(=O)O[C@@H]1CNC2=C(C[C@H]1C(C)(C)O)C(=O)c1ccccc1C2=O. The highest BCUT2D eigenvalue weighted by molar-refractivity contribution is 6.26. The van der Waals surface area contributed by atoms with Gasteiger partial charge in [0.2, 0.25) is 5.78 Å². The molecule has 2 N–H and O–H groups in total. The van der Waals surface area contributed by atoms with Gasteiger partial charge in [0.1, 0.15) is 6.10 Å². The third-order valence-electron chi connectivity index (χ3n) is 4.80. The first-order chi connectivity index (χ1) is 11.7. The van der Waals surface area contributed by atoms with Gasteiger partial charge in [-0.2, -0.15) is 0 Å². The largest absolute Gasteiger partial charge is 0.460 e. The molecule has 0 fully saturated rings. The molecule has 0 saturated heterocycles. The lowest BCUT2D eigenvalue weighted by Gasteiger charge is -2.34. The molecular formula is C19H21NO5. The maximum atomic E-state index is 12.9. The molecule has 2 aliphatic rings. The van der Waals surface area contributed by atoms with E-state index in [9.17, 15) is 19.5 Å². The van der Waals surface area contributed by atoms with E-state index in [0.29, 0.717) is 16.7 Å². The summed E-state index contributed by atoms with van der Waals surface area (Å²) in [5, 5.41) is 13.5. The third-order valence-corrected chi connectivity index (χ3v) is 4.80. The van der Waals surface area contributed by atoms with Crippen LogP contribution in [0.15, 0.2) is 35.5 Å². The van der Waals surface area contributed by atoms with Gasteiger partial charge < -0.3 is 15.2 Å². The first-order valence-corrected chi connectivity index (χ1v) is 8.25. The molecule has 0 saturated carbocycles. The van der Waals surface area contributed by atoms with E-state index < -0.39 is 23.6 Å². The Kier molecular flexibility index (Phi) is 4.24. The number of aliphatic hydroxyl groups is 1. The molecule has 1 aromatic carbocycles. The van der Waals surface area contributed by atoms with Gasteiger partial charge in [-0.1, -0.05) is 24.3 Å². The molecule has 0 amide bonds. The van der Waals surface area contributed by atoms with Crippen LogP contribution in [0.1, 0.15) is 47.9 Å². The van der Waals surface area contributed by atoms with Crippen LogP contribution in [0.25, 0.3) is 0 Å². The summed E-state index contributed by atoms with van der Waals surface area (Å²) >= 11 is 0. The summed E-state index contributed by atoms with van der Waals surface area (Å²) in [6, 6.07) is 6.69. The van der Waals surface area contributed by atoms with E-state index in [1.54, 1.807) is 38.1 Å². The van der Waals surface area contributed by atoms with Crippen molar-refractivity contribution in [3.63, 3.8) is 0 Å². The number of benzene rings is 1. The summed E-state index contributed by atoms with van der Waals surface area (Å²) in [5.74, 6) is -1.46. The maximum absolute atomic E-state index is 12.9. The van der Waals surface area contributed by atoms with Crippen molar-refractivity contribution in [1.29, 1.82) is 0 Å². The van der Waals surface area contributed by atoms with Crippen molar-refractivity contribution in [2.24, 2.45) is 5.92 Å². The van der Waals surface area contributed by atoms with Crippen molar-refractivity contribution in [2.75, 3.05) is 6.54 Å². The van der Waals surface area contributed by atoms with Gasteiger partial charge in [0.25, 0.3) is 0 Å². The lowest BCUT2D eigenvalue weighted by molar-refractivity contribution is -0.153. The molecule has 3 rings (SSSR count). The van der Waals surface area contributed by atoms with E-state index in [0.717, 1.165) is 0 Å². The number of Topliss-reactive ketones (excluding diaryl/α,β-unsaturated/α-hetero) is 2. The highest BCUT2D eigenvalue weighted by Gasteiger charge is 2.43. The Morgan fingerprint density at radius 3 is 2.36 bits per heavy atom. The topological polar surface area (TPSA) is 92.7 Å². The van der Waals surface area contributed by atoms with Crippen LogP contribution in [0.4, 0.5) is 0 Å². The molecule has 1 aliphatic carbocycles. The second kappa shape index (κ2) is 6.11. The Morgan fingerprint density at radius 1 is 1.20 bits per heavy atom. The Morgan fingerprint density at radius 2 is 1.80 bits per heavy atom. The van der Waals surface area contributed by atoms with E-state index in [1.807, 2.05) is 0 Å². The fourth-order valence-corrected chi connectivity index (χ4v) is 3.55. The zero-order valence-corrected chi connectivity index (χ0v) is 14.5. The molecule has 6 nitrogen and oxygen atoms in total. The second-order valence-corrected chi connectivity index (χ2v) is 7.05. The molecule has 25 heavy (non-hydrogen) atoms. The predicted octanol–water partition coefficient (Wildman–Crippen LogP) is 1.63. The molecule has 0 aromatic heterocycles. The summed E-state index contributed by atoms with van der Waals surface area (Å²) in [4.78, 5) is 37.1. The van der Waals surface area contributed by atoms with Gasteiger partial charge in [0.05, 0.1) is 17.8 Å². The van der Waals surface area contributed by atoms with Crippen molar-refractivity contribution < 1.29 is 24.2 Å². The Labute approximate surface area is 145 Å². The van der Waals surface area contributed by atoms with E-state index in [1.165, 1.54) is 6.92 Å². The molecule has 0 bridgehead atoms. The van der Waals surface area contributed by atoms with Gasteiger partial charge in [0.15, 0.2) is 5.78 Å². The number of hydrogen-bond acceptors (Lipinski definition) is 6. The normalized spacial score (nSPS) is 23.4. The molecule has 6 heteroatoms. The average molecular weight is 343 g/mol. The third kappa shape index (κ3) is 3.09. The van der Waals surface area contributed by atoms with Crippen LogP contribution >= 0.6 is 0 Å². The fraction of sp³-hybridized carbons (Fsp3) is 0.421. The summed E-state index contributed by atoms with van der Waals surface area (Å²) in [6.45, 7) is 4.69. The van der Waals surface area contributed by atoms with Crippen LogP contribution in [0, 0.1) is 5.92 Å². The summed E-state index contributed by atoms with van der Waals surface area (Å²) in [6.07, 6.45) is -0.491. The highest BCUT2D eigenvalue weighted by Crippen LogP contribution is 2.36. The van der Waals surface area contributed by atoms with Crippen LogP contribution < -0.4 is 5.32 Å². The Balaban J connectivity index is 2.04. The zero-order chi connectivity index (χ0) is 18.4. The van der Waals surface area contributed by atoms with Crippen LogP contribution in [0.3, 0.4) is 0 Å². The van der Waals surface area contributed by atoms with Gasteiger partial charge in [-0.3, -0.25) is 14.4 Å². The zero-order valence-electron chi connectivity index (χ0n) is 14.5. The van der Waals surface area contributed by atoms with Gasteiger partial charge in [-0.05, 0) is 20.3 Å². The summed E-state index contributed by atoms with van der Waals surface area (Å²) < 4.78 is 5.35. The van der Waals surface area contributed by atoms with Crippen LogP contribution in [-0.2, 0) is 9.53 Å². The van der Waals surface area contributed by atoms with Crippen molar-refractivity contribution in [3.05, 3.63) is 46.7 Å².